The molecule has 3 atom stereocenters. The molecule has 0 aromatic carbocycles. The van der Waals surface area contributed by atoms with Crippen LogP contribution < -0.4 is 0 Å². The fourth-order valence-electron chi connectivity index (χ4n) is 4.59. The summed E-state index contributed by atoms with van der Waals surface area (Å²) in [5.41, 5.74) is 0.385. The predicted molar refractivity (Wildman–Crippen MR) is 115 cm³/mol. The van der Waals surface area contributed by atoms with Crippen LogP contribution in [-0.2, 0) is 0 Å². The van der Waals surface area contributed by atoms with E-state index in [-0.39, 0.29) is 0 Å². The summed E-state index contributed by atoms with van der Waals surface area (Å²) in [6.45, 7) is 9.44. The summed E-state index contributed by atoms with van der Waals surface area (Å²) in [5, 5.41) is 0. The molecule has 148 valence electrons. The Kier molecular flexibility index (Phi) is 12.6. The van der Waals surface area contributed by atoms with Gasteiger partial charge in [0.05, 0.1) is 6.04 Å². The fraction of sp³-hybridized carbons (Fsp3) is 0.958. The first-order chi connectivity index (χ1) is 12.2. The zero-order valence-corrected chi connectivity index (χ0v) is 18.0. The lowest BCUT2D eigenvalue weighted by Crippen LogP contribution is -2.26. The number of nitrogens with zero attached hydrogens (tertiary/aromatic N) is 1. The van der Waals surface area contributed by atoms with Crippen molar-refractivity contribution in [2.24, 2.45) is 16.3 Å². The van der Waals surface area contributed by atoms with E-state index < -0.39 is 0 Å². The lowest BCUT2D eigenvalue weighted by atomic mass is 9.76. The van der Waals surface area contributed by atoms with E-state index in [1.807, 2.05) is 0 Å². The highest BCUT2D eigenvalue weighted by atomic mass is 14.8. The lowest BCUT2D eigenvalue weighted by molar-refractivity contribution is 0.310. The molecule has 0 radical (unpaired) electrons. The quantitative estimate of drug-likeness (QED) is 0.396. The molecule has 0 aromatic rings. The van der Waals surface area contributed by atoms with Gasteiger partial charge in [0.2, 0.25) is 0 Å². The molecular formula is C24H47N. The molecule has 1 rings (SSSR count). The third kappa shape index (κ3) is 8.74. The summed E-state index contributed by atoms with van der Waals surface area (Å²) in [5.74, 6) is 0.805. The smallest absolute Gasteiger partial charge is 0.0524 e. The van der Waals surface area contributed by atoms with E-state index in [1.165, 1.54) is 103 Å². The van der Waals surface area contributed by atoms with E-state index in [9.17, 15) is 0 Å². The van der Waals surface area contributed by atoms with Gasteiger partial charge in [0.15, 0.2) is 0 Å². The third-order valence-electron chi connectivity index (χ3n) is 6.69. The Morgan fingerprint density at radius 3 is 2.24 bits per heavy atom. The Morgan fingerprint density at radius 2 is 1.60 bits per heavy atom. The number of hydrogen-bond donors (Lipinski definition) is 0. The number of hydrogen-bond acceptors (Lipinski definition) is 1. The average molecular weight is 350 g/mol. The maximum absolute atomic E-state index is 5.33. The van der Waals surface area contributed by atoms with Gasteiger partial charge in [-0.2, -0.15) is 0 Å². The normalized spacial score (nSPS) is 28.7. The first-order valence-electron chi connectivity index (χ1n) is 11.8. The SMILES string of the molecule is CCCCC(CC)C1CCCCCCCCC(CC)(CCCC)/C=N/1. The largest absolute Gasteiger partial charge is 0.293 e. The molecule has 0 saturated heterocycles. The molecule has 3 unspecified atom stereocenters. The van der Waals surface area contributed by atoms with Gasteiger partial charge in [0, 0.05) is 11.6 Å². The van der Waals surface area contributed by atoms with E-state index in [0.29, 0.717) is 11.5 Å². The van der Waals surface area contributed by atoms with Gasteiger partial charge >= 0.3 is 0 Å². The van der Waals surface area contributed by atoms with Gasteiger partial charge in [0.25, 0.3) is 0 Å². The van der Waals surface area contributed by atoms with E-state index in [4.69, 9.17) is 4.99 Å². The molecule has 1 heterocycles. The van der Waals surface area contributed by atoms with Crippen LogP contribution in [-0.4, -0.2) is 12.3 Å². The fourth-order valence-corrected chi connectivity index (χ4v) is 4.59. The molecule has 25 heavy (non-hydrogen) atoms. The molecule has 0 saturated carbocycles. The van der Waals surface area contributed by atoms with Crippen molar-refractivity contribution < 1.29 is 0 Å². The van der Waals surface area contributed by atoms with Crippen LogP contribution >= 0.6 is 0 Å². The monoisotopic (exact) mass is 349 g/mol. The van der Waals surface area contributed by atoms with Crippen LogP contribution in [0.4, 0.5) is 0 Å². The molecule has 1 heteroatoms. The molecule has 0 aromatic heterocycles. The van der Waals surface area contributed by atoms with E-state index in [1.54, 1.807) is 0 Å². The van der Waals surface area contributed by atoms with Crippen LogP contribution in [0.2, 0.25) is 0 Å². The van der Waals surface area contributed by atoms with Crippen molar-refractivity contribution in [3.63, 3.8) is 0 Å². The van der Waals surface area contributed by atoms with Gasteiger partial charge < -0.3 is 0 Å². The van der Waals surface area contributed by atoms with Crippen molar-refractivity contribution in [3.8, 4) is 0 Å². The minimum absolute atomic E-state index is 0.385. The van der Waals surface area contributed by atoms with Crippen molar-refractivity contribution in [1.82, 2.24) is 0 Å². The van der Waals surface area contributed by atoms with Crippen LogP contribution in [0.1, 0.15) is 130 Å². The molecule has 1 aliphatic rings. The highest BCUT2D eigenvalue weighted by Crippen LogP contribution is 2.35. The van der Waals surface area contributed by atoms with Crippen LogP contribution in [0, 0.1) is 11.3 Å². The molecule has 0 aliphatic carbocycles. The molecule has 0 spiro atoms. The second kappa shape index (κ2) is 13.8. The summed E-state index contributed by atoms with van der Waals surface area (Å²) >= 11 is 0. The zero-order valence-electron chi connectivity index (χ0n) is 18.0. The second-order valence-corrected chi connectivity index (χ2v) is 8.64. The summed E-state index contributed by atoms with van der Waals surface area (Å²) < 4.78 is 0. The molecule has 0 amide bonds. The number of unbranched alkanes of at least 4 members (excludes halogenated alkanes) is 2. The number of aliphatic imine (C=N–C) groups is 1. The molecule has 0 bridgehead atoms. The predicted octanol–water partition coefficient (Wildman–Crippen LogP) is 8.36. The Morgan fingerprint density at radius 1 is 0.920 bits per heavy atom. The molecule has 1 aliphatic heterocycles. The van der Waals surface area contributed by atoms with Gasteiger partial charge in [-0.3, -0.25) is 4.99 Å². The highest BCUT2D eigenvalue weighted by molar-refractivity contribution is 5.66. The lowest BCUT2D eigenvalue weighted by Gasteiger charge is -2.31. The Bertz CT molecular complexity index is 335. The Labute approximate surface area is 159 Å². The first-order valence-corrected chi connectivity index (χ1v) is 11.8. The zero-order chi connectivity index (χ0) is 18.4. The Balaban J connectivity index is 2.92. The molecule has 1 nitrogen and oxygen atoms in total. The standard InChI is InChI=1S/C24H47N/c1-5-9-17-22(7-3)23-18-15-13-11-12-14-16-20-24(8-4,21-25-23)19-10-6-2/h21-23H,5-20H2,1-4H3/b25-21+. The highest BCUT2D eigenvalue weighted by Gasteiger charge is 2.27. The van der Waals surface area contributed by atoms with Crippen molar-refractivity contribution in [3.05, 3.63) is 0 Å². The second-order valence-electron chi connectivity index (χ2n) is 8.64. The van der Waals surface area contributed by atoms with Gasteiger partial charge in [0.1, 0.15) is 0 Å². The van der Waals surface area contributed by atoms with Crippen LogP contribution in [0.3, 0.4) is 0 Å². The van der Waals surface area contributed by atoms with Gasteiger partial charge in [-0.05, 0) is 38.0 Å². The van der Waals surface area contributed by atoms with E-state index in [2.05, 4.69) is 33.9 Å². The van der Waals surface area contributed by atoms with E-state index in [0.717, 1.165) is 5.92 Å². The Hall–Kier alpha value is -0.330. The maximum atomic E-state index is 5.33. The molecule has 0 fully saturated rings. The summed E-state index contributed by atoms with van der Waals surface area (Å²) in [6, 6.07) is 0.587. The van der Waals surface area contributed by atoms with Crippen LogP contribution in [0.15, 0.2) is 4.99 Å². The third-order valence-corrected chi connectivity index (χ3v) is 6.69. The minimum Gasteiger partial charge on any atom is -0.293 e. The number of rotatable bonds is 9. The molecule has 0 N–H and O–H groups in total. The average Bonchev–Trinajstić information content (AvgIpc) is 2.63. The van der Waals surface area contributed by atoms with Crippen molar-refractivity contribution in [1.29, 1.82) is 0 Å². The minimum atomic E-state index is 0.385. The van der Waals surface area contributed by atoms with Gasteiger partial charge in [-0.25, -0.2) is 0 Å². The van der Waals surface area contributed by atoms with Gasteiger partial charge in [-0.15, -0.1) is 0 Å². The summed E-state index contributed by atoms with van der Waals surface area (Å²) in [7, 11) is 0. The van der Waals surface area contributed by atoms with Crippen LogP contribution in [0.25, 0.3) is 0 Å². The van der Waals surface area contributed by atoms with Crippen LogP contribution in [0.5, 0.6) is 0 Å². The van der Waals surface area contributed by atoms with E-state index >= 15 is 0 Å². The maximum Gasteiger partial charge on any atom is 0.0524 e. The van der Waals surface area contributed by atoms with Gasteiger partial charge in [-0.1, -0.05) is 98.3 Å². The summed E-state index contributed by atoms with van der Waals surface area (Å²) in [4.78, 5) is 5.33. The first kappa shape index (κ1) is 22.7. The molecular weight excluding hydrogens is 302 g/mol. The van der Waals surface area contributed by atoms with Crippen molar-refractivity contribution >= 4 is 6.21 Å². The van der Waals surface area contributed by atoms with Crippen molar-refractivity contribution in [2.45, 2.75) is 136 Å². The topological polar surface area (TPSA) is 12.4 Å². The summed E-state index contributed by atoms with van der Waals surface area (Å²) in [6.07, 6.45) is 24.4. The van der Waals surface area contributed by atoms with Crippen molar-refractivity contribution in [2.75, 3.05) is 0 Å².